The maximum atomic E-state index is 12.3. The molecule has 25 heavy (non-hydrogen) atoms. The Morgan fingerprint density at radius 3 is 2.36 bits per heavy atom. The molecule has 132 valence electrons. The quantitative estimate of drug-likeness (QED) is 0.780. The van der Waals surface area contributed by atoms with E-state index in [0.29, 0.717) is 26.1 Å². The maximum Gasteiger partial charge on any atom is 0.311 e. The fourth-order valence-corrected chi connectivity index (χ4v) is 2.36. The summed E-state index contributed by atoms with van der Waals surface area (Å²) in [5.74, 6) is -0.350. The first-order chi connectivity index (χ1) is 12.1. The summed E-state index contributed by atoms with van der Waals surface area (Å²) in [6.07, 6.45) is 4.12. The molecule has 0 radical (unpaired) electrons. The minimum absolute atomic E-state index is 0.302. The van der Waals surface area contributed by atoms with E-state index in [4.69, 9.17) is 4.74 Å². The number of nitrogens with one attached hydrogen (secondary N) is 1. The van der Waals surface area contributed by atoms with Gasteiger partial charge in [0, 0.05) is 32.0 Å². The Labute approximate surface area is 147 Å². The molecule has 1 heterocycles. The Hall–Kier alpha value is -2.89. The van der Waals surface area contributed by atoms with Gasteiger partial charge in [-0.3, -0.25) is 14.6 Å². The number of hydrogen-bond donors (Lipinski definition) is 1. The van der Waals surface area contributed by atoms with Crippen LogP contribution in [0.4, 0.5) is 0 Å². The zero-order valence-electron chi connectivity index (χ0n) is 14.6. The van der Waals surface area contributed by atoms with Gasteiger partial charge in [0.05, 0.1) is 7.11 Å². The largest absolute Gasteiger partial charge is 0.497 e. The molecular formula is C19H23N3O3. The lowest BCUT2D eigenvalue weighted by Gasteiger charge is -2.20. The van der Waals surface area contributed by atoms with E-state index < -0.39 is 11.8 Å². The van der Waals surface area contributed by atoms with Crippen LogP contribution in [0.5, 0.6) is 5.75 Å². The van der Waals surface area contributed by atoms with E-state index in [0.717, 1.165) is 16.9 Å². The SMILES string of the molecule is CCN(CCc1ccncc1)C(=O)C(=O)NCc1ccc(OC)cc1. The van der Waals surface area contributed by atoms with Crippen molar-refractivity contribution in [3.8, 4) is 5.75 Å². The van der Waals surface area contributed by atoms with Crippen LogP contribution in [0.3, 0.4) is 0 Å². The van der Waals surface area contributed by atoms with Crippen LogP contribution in [0.1, 0.15) is 18.1 Å². The Kier molecular flexibility index (Phi) is 6.95. The number of rotatable bonds is 7. The van der Waals surface area contributed by atoms with Gasteiger partial charge in [-0.25, -0.2) is 0 Å². The minimum atomic E-state index is -0.590. The second-order valence-electron chi connectivity index (χ2n) is 5.52. The van der Waals surface area contributed by atoms with Crippen molar-refractivity contribution >= 4 is 11.8 Å². The standard InChI is InChI=1S/C19H23N3O3/c1-3-22(13-10-15-8-11-20-12-9-15)19(24)18(23)21-14-16-4-6-17(25-2)7-5-16/h4-9,11-12H,3,10,13-14H2,1-2H3,(H,21,23). The molecule has 6 heteroatoms. The highest BCUT2D eigenvalue weighted by atomic mass is 16.5. The van der Waals surface area contributed by atoms with Gasteiger partial charge in [0.1, 0.15) is 5.75 Å². The molecule has 2 rings (SSSR count). The first kappa shape index (κ1) is 18.4. The smallest absolute Gasteiger partial charge is 0.311 e. The number of amides is 2. The second-order valence-corrected chi connectivity index (χ2v) is 5.52. The van der Waals surface area contributed by atoms with Gasteiger partial charge in [-0.15, -0.1) is 0 Å². The van der Waals surface area contributed by atoms with Crippen LogP contribution in [0, 0.1) is 0 Å². The van der Waals surface area contributed by atoms with E-state index in [-0.39, 0.29) is 0 Å². The molecule has 0 spiro atoms. The summed E-state index contributed by atoms with van der Waals surface area (Å²) in [6.45, 7) is 3.15. The molecule has 2 aromatic rings. The predicted molar refractivity (Wildman–Crippen MR) is 95.0 cm³/mol. The Morgan fingerprint density at radius 2 is 1.76 bits per heavy atom. The zero-order chi connectivity index (χ0) is 18.1. The molecule has 0 bridgehead atoms. The van der Waals surface area contributed by atoms with Gasteiger partial charge in [0.2, 0.25) is 0 Å². The van der Waals surface area contributed by atoms with Crippen LogP contribution in [0.15, 0.2) is 48.8 Å². The van der Waals surface area contributed by atoms with Gasteiger partial charge in [-0.2, -0.15) is 0 Å². The average Bonchev–Trinajstić information content (AvgIpc) is 2.67. The highest BCUT2D eigenvalue weighted by Gasteiger charge is 2.20. The summed E-state index contributed by atoms with van der Waals surface area (Å²) in [4.78, 5) is 29.9. The fourth-order valence-electron chi connectivity index (χ4n) is 2.36. The first-order valence-corrected chi connectivity index (χ1v) is 8.23. The summed E-state index contributed by atoms with van der Waals surface area (Å²) in [5, 5.41) is 2.67. The summed E-state index contributed by atoms with van der Waals surface area (Å²) >= 11 is 0. The van der Waals surface area contributed by atoms with Gasteiger partial charge in [0.15, 0.2) is 0 Å². The number of hydrogen-bond acceptors (Lipinski definition) is 4. The van der Waals surface area contributed by atoms with Gasteiger partial charge < -0.3 is 15.0 Å². The van der Waals surface area contributed by atoms with E-state index in [2.05, 4.69) is 10.3 Å². The number of pyridine rings is 1. The minimum Gasteiger partial charge on any atom is -0.497 e. The number of carbonyl (C=O) groups is 2. The van der Waals surface area contributed by atoms with Crippen LogP contribution < -0.4 is 10.1 Å². The molecule has 0 aliphatic heterocycles. The Bertz CT molecular complexity index is 687. The number of ether oxygens (including phenoxy) is 1. The molecule has 0 aliphatic carbocycles. The summed E-state index contributed by atoms with van der Waals surface area (Å²) in [7, 11) is 1.60. The van der Waals surface area contributed by atoms with E-state index in [1.165, 1.54) is 0 Å². The van der Waals surface area contributed by atoms with Crippen LogP contribution in [0.2, 0.25) is 0 Å². The Balaban J connectivity index is 1.84. The molecule has 2 amide bonds. The Morgan fingerprint density at radius 1 is 1.08 bits per heavy atom. The number of benzene rings is 1. The molecular weight excluding hydrogens is 318 g/mol. The zero-order valence-corrected chi connectivity index (χ0v) is 14.6. The van der Waals surface area contributed by atoms with Crippen molar-refractivity contribution in [1.82, 2.24) is 15.2 Å². The van der Waals surface area contributed by atoms with Crippen LogP contribution in [0.25, 0.3) is 0 Å². The van der Waals surface area contributed by atoms with E-state index >= 15 is 0 Å². The van der Waals surface area contributed by atoms with Crippen molar-refractivity contribution in [2.75, 3.05) is 20.2 Å². The fraction of sp³-hybridized carbons (Fsp3) is 0.316. The molecule has 0 unspecified atom stereocenters. The third-order valence-electron chi connectivity index (χ3n) is 3.90. The molecule has 0 fully saturated rings. The van der Waals surface area contributed by atoms with Crippen molar-refractivity contribution in [2.45, 2.75) is 19.9 Å². The first-order valence-electron chi connectivity index (χ1n) is 8.23. The van der Waals surface area contributed by atoms with E-state index in [1.54, 1.807) is 24.4 Å². The molecule has 0 saturated carbocycles. The molecule has 0 atom stereocenters. The summed E-state index contributed by atoms with van der Waals surface area (Å²) in [6, 6.07) is 11.1. The number of methoxy groups -OCH3 is 1. The van der Waals surface area contributed by atoms with E-state index in [1.807, 2.05) is 43.3 Å². The predicted octanol–water partition coefficient (Wildman–Crippen LogP) is 1.80. The van der Waals surface area contributed by atoms with Crippen LogP contribution >= 0.6 is 0 Å². The third kappa shape index (κ3) is 5.60. The highest BCUT2D eigenvalue weighted by Crippen LogP contribution is 2.11. The number of nitrogens with zero attached hydrogens (tertiary/aromatic N) is 2. The van der Waals surface area contributed by atoms with Gasteiger partial charge in [-0.1, -0.05) is 12.1 Å². The lowest BCUT2D eigenvalue weighted by atomic mass is 10.2. The molecule has 0 saturated heterocycles. The average molecular weight is 341 g/mol. The normalized spacial score (nSPS) is 10.2. The van der Waals surface area contributed by atoms with Gasteiger partial charge >= 0.3 is 11.8 Å². The lowest BCUT2D eigenvalue weighted by Crippen LogP contribution is -2.43. The third-order valence-corrected chi connectivity index (χ3v) is 3.90. The molecule has 1 aromatic heterocycles. The van der Waals surface area contributed by atoms with Crippen molar-refractivity contribution in [3.63, 3.8) is 0 Å². The van der Waals surface area contributed by atoms with Crippen LogP contribution in [-0.4, -0.2) is 41.9 Å². The van der Waals surface area contributed by atoms with Crippen molar-refractivity contribution < 1.29 is 14.3 Å². The van der Waals surface area contributed by atoms with Crippen molar-refractivity contribution in [2.24, 2.45) is 0 Å². The molecule has 6 nitrogen and oxygen atoms in total. The van der Waals surface area contributed by atoms with E-state index in [9.17, 15) is 9.59 Å². The molecule has 0 aliphatic rings. The monoisotopic (exact) mass is 341 g/mol. The number of carbonyl (C=O) groups excluding carboxylic acids is 2. The van der Waals surface area contributed by atoms with Gasteiger partial charge in [-0.05, 0) is 48.7 Å². The maximum absolute atomic E-state index is 12.3. The molecule has 1 N–H and O–H groups in total. The summed E-state index contributed by atoms with van der Waals surface area (Å²) in [5.41, 5.74) is 1.99. The second kappa shape index (κ2) is 9.42. The summed E-state index contributed by atoms with van der Waals surface area (Å²) < 4.78 is 5.09. The topological polar surface area (TPSA) is 71.5 Å². The van der Waals surface area contributed by atoms with Crippen molar-refractivity contribution in [3.05, 3.63) is 59.9 Å². The number of likely N-dealkylation sites (N-methyl/N-ethyl adjacent to an activating group) is 1. The highest BCUT2D eigenvalue weighted by molar-refractivity contribution is 6.34. The van der Waals surface area contributed by atoms with Gasteiger partial charge in [0.25, 0.3) is 0 Å². The lowest BCUT2D eigenvalue weighted by molar-refractivity contribution is -0.145. The molecule has 1 aromatic carbocycles. The van der Waals surface area contributed by atoms with Crippen LogP contribution in [-0.2, 0) is 22.6 Å². The number of aromatic nitrogens is 1. The van der Waals surface area contributed by atoms with Crippen molar-refractivity contribution in [1.29, 1.82) is 0 Å².